The summed E-state index contributed by atoms with van der Waals surface area (Å²) >= 11 is 0. The first kappa shape index (κ1) is 23.4. The number of rotatable bonds is 6. The molecule has 0 aromatic heterocycles. The molecule has 27 heavy (non-hydrogen) atoms. The minimum Gasteiger partial charge on any atom is -0.465 e. The molecule has 0 bridgehead atoms. The Hall–Kier alpha value is -1.59. The van der Waals surface area contributed by atoms with Crippen molar-refractivity contribution in [3.63, 3.8) is 0 Å². The van der Waals surface area contributed by atoms with Crippen LogP contribution in [0.25, 0.3) is 0 Å². The average Bonchev–Trinajstić information content (AvgIpc) is 2.51. The molecular weight excluding hydrogens is 348 g/mol. The zero-order valence-corrected chi connectivity index (χ0v) is 17.9. The molecule has 0 spiro atoms. The van der Waals surface area contributed by atoms with Crippen LogP contribution in [0.3, 0.4) is 0 Å². The van der Waals surface area contributed by atoms with Crippen molar-refractivity contribution in [2.45, 2.75) is 91.8 Å². The molecule has 0 amide bonds. The van der Waals surface area contributed by atoms with Crippen LogP contribution in [-0.2, 0) is 28.6 Å². The van der Waals surface area contributed by atoms with Crippen LogP contribution < -0.4 is 0 Å². The van der Waals surface area contributed by atoms with Crippen LogP contribution >= 0.6 is 0 Å². The maximum Gasteiger partial charge on any atom is 0.309 e. The third-order valence-corrected chi connectivity index (χ3v) is 4.26. The summed E-state index contributed by atoms with van der Waals surface area (Å²) in [6.45, 7) is 13.2. The van der Waals surface area contributed by atoms with Crippen molar-refractivity contribution in [3.05, 3.63) is 0 Å². The molecule has 6 heteroatoms. The molecule has 0 radical (unpaired) electrons. The molecular formula is C21H36O6. The Labute approximate surface area is 163 Å². The fourth-order valence-electron chi connectivity index (χ4n) is 3.10. The lowest BCUT2D eigenvalue weighted by Crippen LogP contribution is -2.40. The van der Waals surface area contributed by atoms with Crippen molar-refractivity contribution in [3.8, 4) is 0 Å². The second-order valence-corrected chi connectivity index (χ2v) is 9.39. The number of hydrogen-bond acceptors (Lipinski definition) is 6. The highest BCUT2D eigenvalue weighted by Crippen LogP contribution is 2.37. The highest BCUT2D eigenvalue weighted by molar-refractivity contribution is 5.80. The van der Waals surface area contributed by atoms with Gasteiger partial charge in [-0.15, -0.1) is 0 Å². The summed E-state index contributed by atoms with van der Waals surface area (Å²) in [5.41, 5.74) is -1.24. The smallest absolute Gasteiger partial charge is 0.309 e. The highest BCUT2D eigenvalue weighted by atomic mass is 16.6. The topological polar surface area (TPSA) is 78.9 Å². The number of unbranched alkanes of at least 4 members (excludes halogenated alkanes) is 1. The Morgan fingerprint density at radius 2 is 1.11 bits per heavy atom. The lowest BCUT2D eigenvalue weighted by Gasteiger charge is -2.34. The van der Waals surface area contributed by atoms with E-state index in [1.807, 2.05) is 6.92 Å². The zero-order chi connectivity index (χ0) is 20.8. The predicted molar refractivity (Wildman–Crippen MR) is 102 cm³/mol. The molecule has 0 heterocycles. The van der Waals surface area contributed by atoms with Crippen LogP contribution in [0.15, 0.2) is 0 Å². The van der Waals surface area contributed by atoms with E-state index in [2.05, 4.69) is 0 Å². The molecule has 6 nitrogen and oxygen atoms in total. The van der Waals surface area contributed by atoms with E-state index in [1.54, 1.807) is 41.5 Å². The standard InChI is InChI=1S/C21H36O6/c1-8-9-10-25-17(22)14-11-15(18(23)26-20(2,3)4)13-16(12-14)19(24)27-21(5,6)7/h14-16H,8-13H2,1-7H3. The molecule has 1 aliphatic rings. The molecule has 1 fully saturated rings. The molecule has 0 aromatic carbocycles. The monoisotopic (exact) mass is 384 g/mol. The van der Waals surface area contributed by atoms with Gasteiger partial charge in [-0.25, -0.2) is 0 Å². The van der Waals surface area contributed by atoms with Crippen molar-refractivity contribution in [1.29, 1.82) is 0 Å². The molecule has 0 aliphatic heterocycles. The van der Waals surface area contributed by atoms with Gasteiger partial charge >= 0.3 is 17.9 Å². The quantitative estimate of drug-likeness (QED) is 0.391. The molecule has 156 valence electrons. The lowest BCUT2D eigenvalue weighted by atomic mass is 9.75. The minimum atomic E-state index is -0.618. The number of esters is 3. The van der Waals surface area contributed by atoms with Crippen molar-refractivity contribution in [2.24, 2.45) is 17.8 Å². The van der Waals surface area contributed by atoms with Gasteiger partial charge in [-0.05, 0) is 67.2 Å². The number of carbonyl (C=O) groups excluding carboxylic acids is 3. The molecule has 1 aliphatic carbocycles. The Bertz CT molecular complexity index is 490. The summed E-state index contributed by atoms with van der Waals surface area (Å²) in [5.74, 6) is -2.61. The molecule has 0 aromatic rings. The Morgan fingerprint density at radius 1 is 0.741 bits per heavy atom. The van der Waals surface area contributed by atoms with Crippen molar-refractivity contribution in [2.75, 3.05) is 6.61 Å². The highest BCUT2D eigenvalue weighted by Gasteiger charge is 2.42. The zero-order valence-electron chi connectivity index (χ0n) is 17.9. The van der Waals surface area contributed by atoms with Crippen LogP contribution in [0.2, 0.25) is 0 Å². The van der Waals surface area contributed by atoms with Gasteiger partial charge in [-0.2, -0.15) is 0 Å². The van der Waals surface area contributed by atoms with Crippen LogP contribution in [0.4, 0.5) is 0 Å². The second-order valence-electron chi connectivity index (χ2n) is 9.39. The first-order valence-corrected chi connectivity index (χ1v) is 9.94. The van der Waals surface area contributed by atoms with Gasteiger partial charge in [-0.3, -0.25) is 14.4 Å². The first-order chi connectivity index (χ1) is 12.3. The molecule has 2 atom stereocenters. The van der Waals surface area contributed by atoms with Crippen LogP contribution in [0, 0.1) is 17.8 Å². The summed E-state index contributed by atoms with van der Waals surface area (Å²) < 4.78 is 16.3. The van der Waals surface area contributed by atoms with Crippen LogP contribution in [0.5, 0.6) is 0 Å². The molecule has 2 unspecified atom stereocenters. The van der Waals surface area contributed by atoms with Crippen molar-refractivity contribution < 1.29 is 28.6 Å². The van der Waals surface area contributed by atoms with Crippen molar-refractivity contribution >= 4 is 17.9 Å². The molecule has 0 saturated heterocycles. The van der Waals surface area contributed by atoms with Crippen molar-refractivity contribution in [1.82, 2.24) is 0 Å². The van der Waals surface area contributed by atoms with Gasteiger partial charge in [0.25, 0.3) is 0 Å². The van der Waals surface area contributed by atoms with E-state index in [4.69, 9.17) is 14.2 Å². The van der Waals surface area contributed by atoms with E-state index < -0.39 is 29.0 Å². The number of hydrogen-bond donors (Lipinski definition) is 0. The van der Waals surface area contributed by atoms with Gasteiger partial charge in [0.15, 0.2) is 0 Å². The Morgan fingerprint density at radius 3 is 1.44 bits per heavy atom. The van der Waals surface area contributed by atoms with Gasteiger partial charge in [0.2, 0.25) is 0 Å². The van der Waals surface area contributed by atoms with Gasteiger partial charge in [-0.1, -0.05) is 13.3 Å². The van der Waals surface area contributed by atoms with Gasteiger partial charge in [0.05, 0.1) is 24.4 Å². The van der Waals surface area contributed by atoms with Gasteiger partial charge in [0, 0.05) is 0 Å². The van der Waals surface area contributed by atoms with E-state index in [9.17, 15) is 14.4 Å². The molecule has 1 rings (SSSR count). The second kappa shape index (κ2) is 9.56. The third kappa shape index (κ3) is 8.76. The van der Waals surface area contributed by atoms with Gasteiger partial charge in [0.1, 0.15) is 11.2 Å². The fraction of sp³-hybridized carbons (Fsp3) is 0.857. The maximum atomic E-state index is 12.6. The van der Waals surface area contributed by atoms with Crippen LogP contribution in [0.1, 0.15) is 80.6 Å². The largest absolute Gasteiger partial charge is 0.465 e. The predicted octanol–water partition coefficient (Wildman–Crippen LogP) is 4.05. The Kier molecular flexibility index (Phi) is 8.30. The summed E-state index contributed by atoms with van der Waals surface area (Å²) in [7, 11) is 0. The van der Waals surface area contributed by atoms with E-state index in [1.165, 1.54) is 0 Å². The molecule has 0 N–H and O–H groups in total. The van der Waals surface area contributed by atoms with E-state index >= 15 is 0 Å². The first-order valence-electron chi connectivity index (χ1n) is 9.94. The minimum absolute atomic E-state index is 0.336. The number of carbonyl (C=O) groups is 3. The number of ether oxygens (including phenoxy) is 3. The van der Waals surface area contributed by atoms with E-state index in [0.717, 1.165) is 12.8 Å². The normalized spacial score (nSPS) is 23.4. The lowest BCUT2D eigenvalue weighted by molar-refractivity contribution is -0.170. The summed E-state index contributed by atoms with van der Waals surface area (Å²) in [6.07, 6.45) is 2.75. The molecule has 1 saturated carbocycles. The Balaban J connectivity index is 2.89. The van der Waals surface area contributed by atoms with E-state index in [-0.39, 0.29) is 17.9 Å². The van der Waals surface area contributed by atoms with E-state index in [0.29, 0.717) is 25.9 Å². The van der Waals surface area contributed by atoms with Crippen LogP contribution in [-0.4, -0.2) is 35.7 Å². The van der Waals surface area contributed by atoms with Gasteiger partial charge < -0.3 is 14.2 Å². The summed E-state index contributed by atoms with van der Waals surface area (Å²) in [4.78, 5) is 37.6. The summed E-state index contributed by atoms with van der Waals surface area (Å²) in [5, 5.41) is 0. The maximum absolute atomic E-state index is 12.6. The third-order valence-electron chi connectivity index (χ3n) is 4.26. The fourth-order valence-corrected chi connectivity index (χ4v) is 3.10. The average molecular weight is 385 g/mol. The summed E-state index contributed by atoms with van der Waals surface area (Å²) in [6, 6.07) is 0. The SMILES string of the molecule is CCCCOC(=O)C1CC(C(=O)OC(C)(C)C)CC(C(=O)OC(C)(C)C)C1.